The average molecular weight is 351 g/mol. The van der Waals surface area contributed by atoms with Crippen LogP contribution in [-0.2, 0) is 4.74 Å². The molecule has 1 atom stereocenters. The summed E-state index contributed by atoms with van der Waals surface area (Å²) in [6.07, 6.45) is 0. The van der Waals surface area contributed by atoms with E-state index in [4.69, 9.17) is 4.74 Å². The van der Waals surface area contributed by atoms with E-state index in [2.05, 4.69) is 36.1 Å². The van der Waals surface area contributed by atoms with Gasteiger partial charge in [0.05, 0.1) is 24.6 Å². The van der Waals surface area contributed by atoms with E-state index in [0.29, 0.717) is 23.1 Å². The van der Waals surface area contributed by atoms with Crippen molar-refractivity contribution >= 4 is 33.3 Å². The van der Waals surface area contributed by atoms with Crippen LogP contribution < -0.4 is 5.32 Å². The minimum atomic E-state index is -0.337. The lowest BCUT2D eigenvalue weighted by Gasteiger charge is -2.30. The van der Waals surface area contributed by atoms with Crippen molar-refractivity contribution in [1.82, 2.24) is 9.97 Å². The number of aliphatic hydroxyl groups is 1. The first-order valence-corrected chi connectivity index (χ1v) is 8.83. The molecule has 2 aromatic rings. The largest absolute Gasteiger partial charge is 0.462 e. The fourth-order valence-electron chi connectivity index (χ4n) is 2.44. The topological polar surface area (TPSA) is 84.3 Å². The molecular weight excluding hydrogens is 326 g/mol. The van der Waals surface area contributed by atoms with Crippen LogP contribution in [0.4, 0.5) is 5.82 Å². The second-order valence-electron chi connectivity index (χ2n) is 6.82. The molecule has 0 fully saturated rings. The summed E-state index contributed by atoms with van der Waals surface area (Å²) in [5, 5.41) is 13.9. The van der Waals surface area contributed by atoms with Gasteiger partial charge in [-0.25, -0.2) is 14.8 Å². The van der Waals surface area contributed by atoms with Gasteiger partial charge >= 0.3 is 5.97 Å². The number of hydrogen-bond donors (Lipinski definition) is 2. The molecule has 0 spiro atoms. The Bertz CT molecular complexity index is 750. The van der Waals surface area contributed by atoms with Gasteiger partial charge in [-0.15, -0.1) is 11.3 Å². The van der Waals surface area contributed by atoms with Crippen LogP contribution in [0.5, 0.6) is 0 Å². The molecule has 132 valence electrons. The number of rotatable bonds is 5. The lowest BCUT2D eigenvalue weighted by atomic mass is 9.87. The first-order chi connectivity index (χ1) is 11.2. The van der Waals surface area contributed by atoms with Gasteiger partial charge in [-0.05, 0) is 31.7 Å². The molecule has 0 aromatic carbocycles. The fourth-order valence-corrected chi connectivity index (χ4v) is 3.56. The number of aliphatic hydroxyl groups excluding tert-OH is 1. The molecule has 0 aliphatic carbocycles. The molecule has 0 saturated heterocycles. The molecule has 0 saturated carbocycles. The summed E-state index contributed by atoms with van der Waals surface area (Å²) in [5.74, 6) is 0.930. The highest BCUT2D eigenvalue weighted by atomic mass is 32.1. The number of carbonyl (C=O) groups is 1. The van der Waals surface area contributed by atoms with Crippen molar-refractivity contribution in [1.29, 1.82) is 0 Å². The highest BCUT2D eigenvalue weighted by Gasteiger charge is 2.27. The Morgan fingerprint density at radius 1 is 1.33 bits per heavy atom. The lowest BCUT2D eigenvalue weighted by Crippen LogP contribution is -2.37. The molecule has 0 radical (unpaired) electrons. The van der Waals surface area contributed by atoms with Gasteiger partial charge in [0.25, 0.3) is 0 Å². The summed E-state index contributed by atoms with van der Waals surface area (Å²) < 4.78 is 5.13. The number of hydrogen-bond acceptors (Lipinski definition) is 7. The average Bonchev–Trinajstić information content (AvgIpc) is 2.80. The molecule has 7 heteroatoms. The Hall–Kier alpha value is -1.73. The van der Waals surface area contributed by atoms with E-state index < -0.39 is 0 Å². The number of aromatic nitrogens is 2. The maximum Gasteiger partial charge on any atom is 0.348 e. The number of thiophene rings is 1. The van der Waals surface area contributed by atoms with Crippen LogP contribution in [0.15, 0.2) is 0 Å². The van der Waals surface area contributed by atoms with Crippen molar-refractivity contribution in [3.05, 3.63) is 16.3 Å². The summed E-state index contributed by atoms with van der Waals surface area (Å²) in [6, 6.07) is -0.166. The molecule has 24 heavy (non-hydrogen) atoms. The maximum atomic E-state index is 12.1. The summed E-state index contributed by atoms with van der Waals surface area (Å²) in [6.45, 7) is 12.0. The normalized spacial score (nSPS) is 13.1. The Kier molecular flexibility index (Phi) is 5.45. The van der Waals surface area contributed by atoms with Crippen LogP contribution in [0, 0.1) is 19.3 Å². The molecule has 0 bridgehead atoms. The molecule has 2 N–H and O–H groups in total. The van der Waals surface area contributed by atoms with Gasteiger partial charge in [-0.1, -0.05) is 20.8 Å². The van der Waals surface area contributed by atoms with E-state index in [-0.39, 0.29) is 24.0 Å². The first-order valence-electron chi connectivity index (χ1n) is 8.01. The van der Waals surface area contributed by atoms with Crippen molar-refractivity contribution in [3.8, 4) is 0 Å². The van der Waals surface area contributed by atoms with Crippen molar-refractivity contribution in [2.45, 2.75) is 47.6 Å². The molecule has 2 heterocycles. The molecule has 2 aromatic heterocycles. The Labute approximate surface area is 146 Å². The molecule has 0 amide bonds. The van der Waals surface area contributed by atoms with E-state index in [0.717, 1.165) is 15.8 Å². The van der Waals surface area contributed by atoms with Crippen LogP contribution in [-0.4, -0.2) is 40.3 Å². The van der Waals surface area contributed by atoms with Crippen LogP contribution in [0.3, 0.4) is 0 Å². The zero-order valence-corrected chi connectivity index (χ0v) is 15.9. The van der Waals surface area contributed by atoms with Crippen molar-refractivity contribution in [2.24, 2.45) is 5.41 Å². The first kappa shape index (κ1) is 18.6. The van der Waals surface area contributed by atoms with Crippen molar-refractivity contribution in [3.63, 3.8) is 0 Å². The molecule has 6 nitrogen and oxygen atoms in total. The number of fused-ring (bicyclic) bond motifs is 1. The van der Waals surface area contributed by atoms with Gasteiger partial charge < -0.3 is 15.2 Å². The van der Waals surface area contributed by atoms with E-state index >= 15 is 0 Å². The number of carbonyl (C=O) groups excluding carboxylic acids is 1. The van der Waals surface area contributed by atoms with E-state index in [1.807, 2.05) is 13.8 Å². The lowest BCUT2D eigenvalue weighted by molar-refractivity contribution is 0.0531. The third-order valence-electron chi connectivity index (χ3n) is 3.90. The molecule has 0 aliphatic heterocycles. The zero-order chi connectivity index (χ0) is 18.1. The maximum absolute atomic E-state index is 12.1. The molecule has 0 aliphatic rings. The number of ether oxygens (including phenoxy) is 1. The Morgan fingerprint density at radius 3 is 2.54 bits per heavy atom. The molecule has 0 unspecified atom stereocenters. The van der Waals surface area contributed by atoms with Crippen molar-refractivity contribution < 1.29 is 14.6 Å². The minimum absolute atomic E-state index is 0.0119. The molecular formula is C17H25N3O3S. The van der Waals surface area contributed by atoms with Crippen LogP contribution >= 0.6 is 11.3 Å². The Balaban J connectivity index is 2.56. The number of aryl methyl sites for hydroxylation is 2. The smallest absolute Gasteiger partial charge is 0.348 e. The zero-order valence-electron chi connectivity index (χ0n) is 15.1. The predicted octanol–water partition coefficient (Wildman–Crippen LogP) is 3.30. The quantitative estimate of drug-likeness (QED) is 0.804. The van der Waals surface area contributed by atoms with Gasteiger partial charge in [0.2, 0.25) is 0 Å². The highest BCUT2D eigenvalue weighted by molar-refractivity contribution is 7.20. The van der Waals surface area contributed by atoms with Gasteiger partial charge in [0.15, 0.2) is 0 Å². The van der Waals surface area contributed by atoms with E-state index in [9.17, 15) is 9.90 Å². The summed E-state index contributed by atoms with van der Waals surface area (Å²) in [5.41, 5.74) is 0.662. The number of esters is 1. The van der Waals surface area contributed by atoms with Gasteiger partial charge in [-0.2, -0.15) is 0 Å². The monoisotopic (exact) mass is 351 g/mol. The highest BCUT2D eigenvalue weighted by Crippen LogP contribution is 2.35. The van der Waals surface area contributed by atoms with Gasteiger partial charge in [0.1, 0.15) is 21.3 Å². The third-order valence-corrected chi connectivity index (χ3v) is 5.07. The second kappa shape index (κ2) is 7.03. The van der Waals surface area contributed by atoms with Crippen LogP contribution in [0.25, 0.3) is 10.2 Å². The summed E-state index contributed by atoms with van der Waals surface area (Å²) in [7, 11) is 0. The predicted molar refractivity (Wildman–Crippen MR) is 96.8 cm³/mol. The van der Waals surface area contributed by atoms with Crippen LogP contribution in [0.2, 0.25) is 0 Å². The van der Waals surface area contributed by atoms with E-state index in [1.165, 1.54) is 11.3 Å². The molecule has 2 rings (SSSR count). The fraction of sp³-hybridized carbons (Fsp3) is 0.588. The third kappa shape index (κ3) is 3.67. The standard InChI is InChI=1S/C17H25N3O3S/c1-7-23-16(22)13-9(2)12-14(18-10(3)19-15(12)24-13)20-11(8-21)17(4,5)6/h11,21H,7-8H2,1-6H3,(H,18,19,20)/t11-/m0/s1. The van der Waals surface area contributed by atoms with Gasteiger partial charge in [0, 0.05) is 0 Å². The van der Waals surface area contributed by atoms with Gasteiger partial charge in [-0.3, -0.25) is 0 Å². The van der Waals surface area contributed by atoms with E-state index in [1.54, 1.807) is 6.92 Å². The Morgan fingerprint density at radius 2 is 2.00 bits per heavy atom. The SMILES string of the molecule is CCOC(=O)c1sc2nc(C)nc(N[C@@H](CO)C(C)(C)C)c2c1C. The summed E-state index contributed by atoms with van der Waals surface area (Å²) in [4.78, 5) is 22.4. The summed E-state index contributed by atoms with van der Waals surface area (Å²) >= 11 is 1.31. The number of nitrogens with one attached hydrogen (secondary N) is 1. The minimum Gasteiger partial charge on any atom is -0.462 e. The second-order valence-corrected chi connectivity index (χ2v) is 7.82. The van der Waals surface area contributed by atoms with Crippen molar-refractivity contribution in [2.75, 3.05) is 18.5 Å². The number of anilines is 1. The van der Waals surface area contributed by atoms with Crippen LogP contribution in [0.1, 0.15) is 48.8 Å². The number of nitrogens with zero attached hydrogens (tertiary/aromatic N) is 2.